The molecule has 0 heterocycles. The van der Waals surface area contributed by atoms with Gasteiger partial charge in [0, 0.05) is 6.42 Å². The van der Waals surface area contributed by atoms with E-state index >= 15 is 0 Å². The summed E-state index contributed by atoms with van der Waals surface area (Å²) < 4.78 is 35.6. The molecule has 0 radical (unpaired) electrons. The van der Waals surface area contributed by atoms with Crippen LogP contribution in [0.1, 0.15) is 17.5 Å². The molecule has 1 rings (SSSR count). The largest absolute Gasteiger partial charge is 0.395 e. The van der Waals surface area contributed by atoms with Gasteiger partial charge in [0.1, 0.15) is 12.2 Å². The number of aryl methyl sites for hydroxylation is 1. The van der Waals surface area contributed by atoms with Crippen molar-refractivity contribution in [1.82, 2.24) is 0 Å². The van der Waals surface area contributed by atoms with Crippen LogP contribution in [0.15, 0.2) is 24.3 Å². The van der Waals surface area contributed by atoms with E-state index in [4.69, 9.17) is 0 Å². The second-order valence-corrected chi connectivity index (χ2v) is 3.50. The molecule has 1 aromatic rings. The molecule has 0 spiro atoms. The van der Waals surface area contributed by atoms with E-state index in [1.807, 2.05) is 13.0 Å². The zero-order chi connectivity index (χ0) is 11.5. The molecular formula is C11H11F3O. The van der Waals surface area contributed by atoms with Gasteiger partial charge in [-0.15, -0.1) is 0 Å². The third-order valence-corrected chi connectivity index (χ3v) is 1.88. The Morgan fingerprint density at radius 3 is 2.53 bits per heavy atom. The minimum absolute atomic E-state index is 0.152. The predicted molar refractivity (Wildman–Crippen MR) is 50.6 cm³/mol. The predicted octanol–water partition coefficient (Wildman–Crippen LogP) is 3.06. The van der Waals surface area contributed by atoms with Crippen LogP contribution in [0.3, 0.4) is 0 Å². The molecule has 0 bridgehead atoms. The van der Waals surface area contributed by atoms with E-state index in [2.05, 4.69) is 0 Å². The smallest absolute Gasteiger partial charge is 0.299 e. The third kappa shape index (κ3) is 4.63. The van der Waals surface area contributed by atoms with Crippen molar-refractivity contribution in [1.29, 1.82) is 0 Å². The maximum Gasteiger partial charge on any atom is 0.395 e. The lowest BCUT2D eigenvalue weighted by Crippen LogP contribution is -2.16. The van der Waals surface area contributed by atoms with Crippen molar-refractivity contribution in [3.63, 3.8) is 0 Å². The number of alkyl halides is 3. The van der Waals surface area contributed by atoms with Gasteiger partial charge in [-0.3, -0.25) is 4.79 Å². The SMILES string of the molecule is Cc1cccc(CC(=O)CC(F)(F)F)c1. The zero-order valence-electron chi connectivity index (χ0n) is 8.27. The Bertz CT molecular complexity index is 355. The van der Waals surface area contributed by atoms with Crippen LogP contribution in [0.25, 0.3) is 0 Å². The van der Waals surface area contributed by atoms with Gasteiger partial charge in [0.05, 0.1) is 0 Å². The second-order valence-electron chi connectivity index (χ2n) is 3.50. The lowest BCUT2D eigenvalue weighted by molar-refractivity contribution is -0.151. The van der Waals surface area contributed by atoms with E-state index < -0.39 is 18.4 Å². The van der Waals surface area contributed by atoms with E-state index in [-0.39, 0.29) is 6.42 Å². The van der Waals surface area contributed by atoms with Crippen molar-refractivity contribution in [2.75, 3.05) is 0 Å². The fourth-order valence-electron chi connectivity index (χ4n) is 1.34. The first-order chi connectivity index (χ1) is 6.87. The number of hydrogen-bond acceptors (Lipinski definition) is 1. The Kier molecular flexibility index (Phi) is 3.50. The number of halogens is 3. The molecule has 4 heteroatoms. The maximum absolute atomic E-state index is 11.9. The molecule has 0 amide bonds. The second kappa shape index (κ2) is 4.47. The molecule has 0 aliphatic carbocycles. The number of rotatable bonds is 3. The van der Waals surface area contributed by atoms with Gasteiger partial charge in [-0.1, -0.05) is 29.8 Å². The molecule has 0 unspecified atom stereocenters. The summed E-state index contributed by atoms with van der Waals surface area (Å²) >= 11 is 0. The molecular weight excluding hydrogens is 205 g/mol. The Balaban J connectivity index is 2.59. The van der Waals surface area contributed by atoms with E-state index in [0.29, 0.717) is 5.56 Å². The minimum atomic E-state index is -4.40. The minimum Gasteiger partial charge on any atom is -0.299 e. The van der Waals surface area contributed by atoms with Crippen LogP contribution < -0.4 is 0 Å². The van der Waals surface area contributed by atoms with E-state index in [0.717, 1.165) is 5.56 Å². The molecule has 1 aromatic carbocycles. The van der Waals surface area contributed by atoms with E-state index in [9.17, 15) is 18.0 Å². The summed E-state index contributed by atoms with van der Waals surface area (Å²) in [5, 5.41) is 0. The van der Waals surface area contributed by atoms with Gasteiger partial charge in [0.25, 0.3) is 0 Å². The van der Waals surface area contributed by atoms with Crippen molar-refractivity contribution in [3.8, 4) is 0 Å². The Hall–Kier alpha value is -1.32. The lowest BCUT2D eigenvalue weighted by Gasteiger charge is -2.05. The lowest BCUT2D eigenvalue weighted by atomic mass is 10.0. The van der Waals surface area contributed by atoms with E-state index in [1.54, 1.807) is 18.2 Å². The van der Waals surface area contributed by atoms with Gasteiger partial charge < -0.3 is 0 Å². The van der Waals surface area contributed by atoms with Gasteiger partial charge in [0.15, 0.2) is 0 Å². The van der Waals surface area contributed by atoms with Crippen LogP contribution in [-0.2, 0) is 11.2 Å². The highest BCUT2D eigenvalue weighted by Crippen LogP contribution is 2.20. The number of Topliss-reactive ketones (excluding diaryl/α,β-unsaturated/α-hetero) is 1. The number of benzene rings is 1. The summed E-state index contributed by atoms with van der Waals surface area (Å²) in [6.07, 6.45) is -5.90. The van der Waals surface area contributed by atoms with Crippen LogP contribution in [0.2, 0.25) is 0 Å². The van der Waals surface area contributed by atoms with Crippen molar-refractivity contribution >= 4 is 5.78 Å². The van der Waals surface area contributed by atoms with Crippen molar-refractivity contribution < 1.29 is 18.0 Å². The topological polar surface area (TPSA) is 17.1 Å². The Morgan fingerprint density at radius 2 is 2.00 bits per heavy atom. The van der Waals surface area contributed by atoms with Gasteiger partial charge >= 0.3 is 6.18 Å². The molecule has 0 aliphatic heterocycles. The highest BCUT2D eigenvalue weighted by atomic mass is 19.4. The monoisotopic (exact) mass is 216 g/mol. The first-order valence-electron chi connectivity index (χ1n) is 4.51. The third-order valence-electron chi connectivity index (χ3n) is 1.88. The molecule has 15 heavy (non-hydrogen) atoms. The Labute approximate surface area is 85.9 Å². The molecule has 0 N–H and O–H groups in total. The van der Waals surface area contributed by atoms with Crippen molar-refractivity contribution in [2.45, 2.75) is 25.9 Å². The van der Waals surface area contributed by atoms with Crippen LogP contribution in [0.5, 0.6) is 0 Å². The van der Waals surface area contributed by atoms with Gasteiger partial charge in [0.2, 0.25) is 0 Å². The standard InChI is InChI=1S/C11H11F3O/c1-8-3-2-4-9(5-8)6-10(15)7-11(12,13)14/h2-5H,6-7H2,1H3. The normalized spacial score (nSPS) is 11.5. The fourth-order valence-corrected chi connectivity index (χ4v) is 1.34. The molecule has 82 valence electrons. The van der Waals surface area contributed by atoms with Crippen LogP contribution >= 0.6 is 0 Å². The first-order valence-corrected chi connectivity index (χ1v) is 4.51. The number of hydrogen-bond donors (Lipinski definition) is 0. The summed E-state index contributed by atoms with van der Waals surface area (Å²) in [6, 6.07) is 6.93. The summed E-state index contributed by atoms with van der Waals surface area (Å²) in [7, 11) is 0. The molecule has 0 saturated carbocycles. The van der Waals surface area contributed by atoms with Crippen molar-refractivity contribution in [3.05, 3.63) is 35.4 Å². The summed E-state index contributed by atoms with van der Waals surface area (Å²) in [5.74, 6) is -0.798. The van der Waals surface area contributed by atoms with Crippen LogP contribution in [0, 0.1) is 6.92 Å². The average Bonchev–Trinajstić information content (AvgIpc) is 1.99. The zero-order valence-corrected chi connectivity index (χ0v) is 8.27. The summed E-state index contributed by atoms with van der Waals surface area (Å²) in [4.78, 5) is 11.0. The van der Waals surface area contributed by atoms with Crippen LogP contribution in [0.4, 0.5) is 13.2 Å². The van der Waals surface area contributed by atoms with Gasteiger partial charge in [-0.2, -0.15) is 13.2 Å². The molecule has 0 aromatic heterocycles. The van der Waals surface area contributed by atoms with E-state index in [1.165, 1.54) is 0 Å². The van der Waals surface area contributed by atoms with Gasteiger partial charge in [-0.05, 0) is 12.5 Å². The van der Waals surface area contributed by atoms with Crippen molar-refractivity contribution in [2.24, 2.45) is 0 Å². The molecule has 0 saturated heterocycles. The molecule has 0 fully saturated rings. The highest BCUT2D eigenvalue weighted by molar-refractivity contribution is 5.81. The molecule has 1 nitrogen and oxygen atoms in total. The Morgan fingerprint density at radius 1 is 1.33 bits per heavy atom. The fraction of sp³-hybridized carbons (Fsp3) is 0.364. The number of carbonyl (C=O) groups is 1. The van der Waals surface area contributed by atoms with Crippen LogP contribution in [-0.4, -0.2) is 12.0 Å². The highest BCUT2D eigenvalue weighted by Gasteiger charge is 2.30. The summed E-state index contributed by atoms with van der Waals surface area (Å²) in [6.45, 7) is 1.83. The maximum atomic E-state index is 11.9. The quantitative estimate of drug-likeness (QED) is 0.758. The average molecular weight is 216 g/mol. The van der Waals surface area contributed by atoms with Gasteiger partial charge in [-0.25, -0.2) is 0 Å². The number of carbonyl (C=O) groups excluding carboxylic acids is 1. The first kappa shape index (κ1) is 11.8. The molecule has 0 aliphatic rings. The number of ketones is 1. The molecule has 0 atom stereocenters. The summed E-state index contributed by atoms with van der Waals surface area (Å²) in [5.41, 5.74) is 1.57.